The third-order valence-corrected chi connectivity index (χ3v) is 3.84. The molecule has 0 saturated heterocycles. The summed E-state index contributed by atoms with van der Waals surface area (Å²) in [6, 6.07) is 0. The highest BCUT2D eigenvalue weighted by atomic mass is 16.3. The Morgan fingerprint density at radius 2 is 2.24 bits per heavy atom. The van der Waals surface area contributed by atoms with Gasteiger partial charge in [0.1, 0.15) is 6.54 Å². The van der Waals surface area contributed by atoms with Gasteiger partial charge in [-0.3, -0.25) is 4.48 Å². The van der Waals surface area contributed by atoms with Gasteiger partial charge >= 0.3 is 0 Å². The van der Waals surface area contributed by atoms with E-state index in [9.17, 15) is 5.11 Å². The summed E-state index contributed by atoms with van der Waals surface area (Å²) in [7, 11) is 0. The molecule has 0 aromatic carbocycles. The highest BCUT2D eigenvalue weighted by Gasteiger charge is 2.40. The monoisotopic (exact) mass is 239 g/mol. The molecule has 1 aliphatic heterocycles. The number of aliphatic imine (C=N–C) groups is 1. The van der Waals surface area contributed by atoms with E-state index >= 15 is 0 Å². The second kappa shape index (κ2) is 6.92. The van der Waals surface area contributed by atoms with E-state index in [2.05, 4.69) is 31.0 Å². The average Bonchev–Trinajstić information content (AvgIpc) is 2.73. The quantitative estimate of drug-likeness (QED) is 0.413. The maximum Gasteiger partial charge on any atom is 0.200 e. The number of hydrogen-bond donors (Lipinski definition) is 1. The summed E-state index contributed by atoms with van der Waals surface area (Å²) in [5.74, 6) is 1.21. The van der Waals surface area contributed by atoms with Crippen molar-refractivity contribution < 1.29 is 9.59 Å². The van der Waals surface area contributed by atoms with E-state index in [-0.39, 0.29) is 6.23 Å². The first kappa shape index (κ1) is 14.4. The minimum Gasteiger partial charge on any atom is -0.345 e. The molecule has 1 N–H and O–H groups in total. The van der Waals surface area contributed by atoms with Crippen LogP contribution in [0.5, 0.6) is 0 Å². The third-order valence-electron chi connectivity index (χ3n) is 3.84. The Labute approximate surface area is 105 Å². The van der Waals surface area contributed by atoms with Crippen LogP contribution in [0.4, 0.5) is 0 Å². The molecule has 0 spiro atoms. The lowest BCUT2D eigenvalue weighted by Crippen LogP contribution is -2.56. The summed E-state index contributed by atoms with van der Waals surface area (Å²) >= 11 is 0. The van der Waals surface area contributed by atoms with Crippen molar-refractivity contribution >= 4 is 5.84 Å². The Kier molecular flexibility index (Phi) is 5.86. The first-order valence-electron chi connectivity index (χ1n) is 6.87. The normalized spacial score (nSPS) is 26.5. The molecule has 1 aliphatic rings. The largest absolute Gasteiger partial charge is 0.345 e. The number of rotatable bonds is 7. The van der Waals surface area contributed by atoms with E-state index in [1.54, 1.807) is 0 Å². The van der Waals surface area contributed by atoms with E-state index in [1.807, 2.05) is 6.92 Å². The lowest BCUT2D eigenvalue weighted by atomic mass is 10.1. The molecule has 1 heterocycles. The summed E-state index contributed by atoms with van der Waals surface area (Å²) in [5.41, 5.74) is 0. The van der Waals surface area contributed by atoms with Gasteiger partial charge in [-0.05, 0) is 33.1 Å². The van der Waals surface area contributed by atoms with Gasteiger partial charge in [-0.1, -0.05) is 12.2 Å². The third kappa shape index (κ3) is 3.39. The molecule has 17 heavy (non-hydrogen) atoms. The van der Waals surface area contributed by atoms with Crippen LogP contribution in [-0.4, -0.2) is 41.3 Å². The SMILES string of the molecule is C/C=C/CCCCC1=NCC[N+]1(CC)C(C)O. The topological polar surface area (TPSA) is 32.6 Å². The standard InChI is InChI=1S/C14H27N2O/c1-4-6-7-8-9-10-14-15-11-12-16(14,5-2)13(3)17/h4,6,13,17H,5,7-12H2,1-3H3/q+1/b6-4+. The summed E-state index contributed by atoms with van der Waals surface area (Å²) in [6.07, 6.45) is 8.59. The van der Waals surface area contributed by atoms with E-state index in [4.69, 9.17) is 0 Å². The van der Waals surface area contributed by atoms with Crippen LogP contribution in [0.15, 0.2) is 17.1 Å². The average molecular weight is 239 g/mol. The molecular formula is C14H27N2O+. The minimum atomic E-state index is -0.322. The number of unbranched alkanes of at least 4 members (excludes halogenated alkanes) is 2. The zero-order valence-corrected chi connectivity index (χ0v) is 11.5. The van der Waals surface area contributed by atoms with Gasteiger partial charge in [0.2, 0.25) is 5.84 Å². The van der Waals surface area contributed by atoms with Crippen LogP contribution < -0.4 is 0 Å². The number of hydrogen-bond acceptors (Lipinski definition) is 2. The van der Waals surface area contributed by atoms with E-state index < -0.39 is 0 Å². The van der Waals surface area contributed by atoms with Gasteiger partial charge < -0.3 is 5.11 Å². The molecule has 0 aromatic rings. The smallest absolute Gasteiger partial charge is 0.200 e. The second-order valence-electron chi connectivity index (χ2n) is 4.82. The van der Waals surface area contributed by atoms with Gasteiger partial charge in [0.15, 0.2) is 6.23 Å². The number of aliphatic hydroxyl groups is 1. The summed E-state index contributed by atoms with van der Waals surface area (Å²) in [5, 5.41) is 9.99. The summed E-state index contributed by atoms with van der Waals surface area (Å²) in [6.45, 7) is 8.90. The van der Waals surface area contributed by atoms with Crippen molar-refractivity contribution in [3.8, 4) is 0 Å². The van der Waals surface area contributed by atoms with Crippen LogP contribution in [0.2, 0.25) is 0 Å². The number of aliphatic hydroxyl groups excluding tert-OH is 1. The fraction of sp³-hybridized carbons (Fsp3) is 0.786. The van der Waals surface area contributed by atoms with Crippen molar-refractivity contribution in [2.45, 2.75) is 52.7 Å². The summed E-state index contributed by atoms with van der Waals surface area (Å²) in [4.78, 5) is 4.61. The van der Waals surface area contributed by atoms with Crippen molar-refractivity contribution in [2.24, 2.45) is 4.99 Å². The lowest BCUT2D eigenvalue weighted by Gasteiger charge is -2.36. The fourth-order valence-corrected chi connectivity index (χ4v) is 2.65. The van der Waals surface area contributed by atoms with Crippen molar-refractivity contribution in [1.29, 1.82) is 0 Å². The van der Waals surface area contributed by atoms with Gasteiger partial charge in [-0.25, -0.2) is 4.99 Å². The second-order valence-corrected chi connectivity index (χ2v) is 4.82. The van der Waals surface area contributed by atoms with E-state index in [0.29, 0.717) is 4.48 Å². The predicted molar refractivity (Wildman–Crippen MR) is 72.9 cm³/mol. The Hall–Kier alpha value is -0.670. The number of likely N-dealkylation sites (N-methyl/N-ethyl adjacent to an activating group) is 1. The fourth-order valence-electron chi connectivity index (χ4n) is 2.65. The molecule has 0 aromatic heterocycles. The van der Waals surface area contributed by atoms with E-state index in [0.717, 1.165) is 32.5 Å². The van der Waals surface area contributed by atoms with Crippen LogP contribution >= 0.6 is 0 Å². The van der Waals surface area contributed by atoms with Crippen LogP contribution in [-0.2, 0) is 0 Å². The van der Waals surface area contributed by atoms with Crippen molar-refractivity contribution in [3.05, 3.63) is 12.2 Å². The summed E-state index contributed by atoms with van der Waals surface area (Å²) < 4.78 is 0.698. The predicted octanol–water partition coefficient (Wildman–Crippen LogP) is 2.71. The number of quaternary nitrogens is 1. The molecule has 0 radical (unpaired) electrons. The Morgan fingerprint density at radius 1 is 1.47 bits per heavy atom. The number of amidine groups is 1. The van der Waals surface area contributed by atoms with Gasteiger partial charge in [0, 0.05) is 13.3 Å². The molecule has 0 fully saturated rings. The first-order chi connectivity index (χ1) is 8.17. The Morgan fingerprint density at radius 3 is 2.82 bits per heavy atom. The van der Waals surface area contributed by atoms with Crippen molar-refractivity contribution in [1.82, 2.24) is 0 Å². The molecule has 1 rings (SSSR count). The molecule has 2 atom stereocenters. The first-order valence-corrected chi connectivity index (χ1v) is 6.87. The van der Waals surface area contributed by atoms with Gasteiger partial charge in [0.25, 0.3) is 0 Å². The van der Waals surface area contributed by atoms with Crippen LogP contribution in [0.25, 0.3) is 0 Å². The van der Waals surface area contributed by atoms with Gasteiger partial charge in [-0.15, -0.1) is 0 Å². The van der Waals surface area contributed by atoms with Crippen molar-refractivity contribution in [2.75, 3.05) is 19.6 Å². The molecule has 0 aliphatic carbocycles. The molecule has 3 nitrogen and oxygen atoms in total. The maximum atomic E-state index is 9.99. The molecule has 0 bridgehead atoms. The van der Waals surface area contributed by atoms with Gasteiger partial charge in [-0.2, -0.15) is 0 Å². The van der Waals surface area contributed by atoms with Crippen LogP contribution in [0, 0.1) is 0 Å². The molecule has 0 saturated carbocycles. The molecular weight excluding hydrogens is 212 g/mol. The lowest BCUT2D eigenvalue weighted by molar-refractivity contribution is -0.882. The van der Waals surface area contributed by atoms with Crippen LogP contribution in [0.1, 0.15) is 46.5 Å². The van der Waals surface area contributed by atoms with Gasteiger partial charge in [0.05, 0.1) is 13.1 Å². The van der Waals surface area contributed by atoms with Crippen molar-refractivity contribution in [3.63, 3.8) is 0 Å². The Balaban J connectivity index is 2.46. The minimum absolute atomic E-state index is 0.322. The highest BCUT2D eigenvalue weighted by Crippen LogP contribution is 2.22. The molecule has 3 heteroatoms. The molecule has 2 unspecified atom stereocenters. The number of allylic oxidation sites excluding steroid dienone is 2. The highest BCUT2D eigenvalue weighted by molar-refractivity contribution is 5.76. The number of nitrogens with zero attached hydrogens (tertiary/aromatic N) is 2. The van der Waals surface area contributed by atoms with E-state index in [1.165, 1.54) is 18.7 Å². The zero-order chi connectivity index (χ0) is 12.7. The Bertz CT molecular complexity index is 284. The molecule has 98 valence electrons. The van der Waals surface area contributed by atoms with Crippen LogP contribution in [0.3, 0.4) is 0 Å². The maximum absolute atomic E-state index is 9.99. The molecule has 0 amide bonds. The zero-order valence-electron chi connectivity index (χ0n) is 11.5.